The Kier molecular flexibility index (Phi) is 4.47. The molecule has 2 heterocycles. The van der Waals surface area contributed by atoms with Gasteiger partial charge in [-0.15, -0.1) is 0 Å². The maximum atomic E-state index is 14.3. The minimum absolute atomic E-state index is 0.227. The third-order valence-corrected chi connectivity index (χ3v) is 5.20. The molecule has 1 aliphatic rings. The highest BCUT2D eigenvalue weighted by molar-refractivity contribution is 5.74. The van der Waals surface area contributed by atoms with Gasteiger partial charge in [0, 0.05) is 11.6 Å². The zero-order valence-corrected chi connectivity index (χ0v) is 16.2. The van der Waals surface area contributed by atoms with Gasteiger partial charge in [-0.1, -0.05) is 12.1 Å². The van der Waals surface area contributed by atoms with E-state index in [1.807, 2.05) is 6.07 Å². The smallest absolute Gasteiger partial charge is 0.335 e. The van der Waals surface area contributed by atoms with E-state index in [4.69, 9.17) is 0 Å². The average Bonchev–Trinajstić information content (AvgIpc) is 3.54. The molecule has 31 heavy (non-hydrogen) atoms. The fourth-order valence-corrected chi connectivity index (χ4v) is 3.46. The highest BCUT2D eigenvalue weighted by atomic mass is 19.1. The third-order valence-electron chi connectivity index (χ3n) is 5.20. The van der Waals surface area contributed by atoms with Crippen LogP contribution in [0.1, 0.15) is 24.0 Å². The van der Waals surface area contributed by atoms with Gasteiger partial charge in [0.25, 0.3) is 0 Å². The maximum absolute atomic E-state index is 14.3. The Morgan fingerprint density at radius 2 is 1.90 bits per heavy atom. The molecule has 1 saturated carbocycles. The van der Waals surface area contributed by atoms with E-state index in [0.29, 0.717) is 28.8 Å². The molecule has 1 N–H and O–H groups in total. The summed E-state index contributed by atoms with van der Waals surface area (Å²) < 4.78 is 31.1. The molecule has 4 aromatic rings. The van der Waals surface area contributed by atoms with Crippen LogP contribution in [0.3, 0.4) is 0 Å². The summed E-state index contributed by atoms with van der Waals surface area (Å²) in [6.07, 6.45) is 3.51. The van der Waals surface area contributed by atoms with Crippen molar-refractivity contribution in [3.8, 4) is 11.8 Å². The van der Waals surface area contributed by atoms with Crippen molar-refractivity contribution >= 4 is 17.1 Å². The molecule has 1 aliphatic carbocycles. The van der Waals surface area contributed by atoms with Crippen LogP contribution >= 0.6 is 0 Å². The van der Waals surface area contributed by atoms with E-state index in [9.17, 15) is 18.8 Å². The van der Waals surface area contributed by atoms with Crippen molar-refractivity contribution in [1.29, 1.82) is 5.26 Å². The summed E-state index contributed by atoms with van der Waals surface area (Å²) in [5, 5.41) is 12.4. The van der Waals surface area contributed by atoms with Crippen molar-refractivity contribution < 1.29 is 8.78 Å². The Balaban J connectivity index is 1.73. The second kappa shape index (κ2) is 7.32. The van der Waals surface area contributed by atoms with Crippen LogP contribution < -0.4 is 11.0 Å². The van der Waals surface area contributed by atoms with E-state index >= 15 is 0 Å². The second-order valence-electron chi connectivity index (χ2n) is 7.39. The van der Waals surface area contributed by atoms with Crippen molar-refractivity contribution in [1.82, 2.24) is 19.1 Å². The summed E-state index contributed by atoms with van der Waals surface area (Å²) in [7, 11) is 0. The molecule has 0 bridgehead atoms. The molecule has 154 valence electrons. The summed E-state index contributed by atoms with van der Waals surface area (Å²) in [6.45, 7) is -0.322. The molecule has 0 aliphatic heterocycles. The normalized spacial score (nSPS) is 13.3. The van der Waals surface area contributed by atoms with Crippen molar-refractivity contribution in [2.24, 2.45) is 0 Å². The quantitative estimate of drug-likeness (QED) is 0.537. The van der Waals surface area contributed by atoms with Crippen LogP contribution in [0.25, 0.3) is 16.9 Å². The minimum Gasteiger partial charge on any atom is -0.351 e. The zero-order valence-electron chi connectivity index (χ0n) is 16.2. The van der Waals surface area contributed by atoms with Gasteiger partial charge >= 0.3 is 5.69 Å². The van der Waals surface area contributed by atoms with Crippen LogP contribution in [0.5, 0.6) is 0 Å². The SMILES string of the molecule is N#Cc1cccc(-n2c(=O)n(Cc3c(F)cccc3F)c3cnc(NC4CC4)nc32)c1. The number of imidazole rings is 1. The lowest BCUT2D eigenvalue weighted by atomic mass is 10.2. The molecule has 0 saturated heterocycles. The van der Waals surface area contributed by atoms with Crippen LogP contribution in [-0.4, -0.2) is 25.1 Å². The predicted octanol–water partition coefficient (Wildman–Crippen LogP) is 3.35. The first-order valence-electron chi connectivity index (χ1n) is 9.73. The van der Waals surface area contributed by atoms with Gasteiger partial charge in [-0.3, -0.25) is 4.57 Å². The number of nitrogens with one attached hydrogen (secondary N) is 1. The largest absolute Gasteiger partial charge is 0.351 e. The molecule has 0 spiro atoms. The minimum atomic E-state index is -0.743. The van der Waals surface area contributed by atoms with E-state index in [0.717, 1.165) is 25.0 Å². The molecular formula is C22H16F2N6O. The molecule has 9 heteroatoms. The van der Waals surface area contributed by atoms with Crippen molar-refractivity contribution in [2.75, 3.05) is 5.32 Å². The molecule has 2 aromatic heterocycles. The number of aromatic nitrogens is 4. The van der Waals surface area contributed by atoms with E-state index in [-0.39, 0.29) is 17.8 Å². The first-order valence-corrected chi connectivity index (χ1v) is 9.73. The fraction of sp³-hybridized carbons (Fsp3) is 0.182. The number of rotatable bonds is 5. The number of hydrogen-bond donors (Lipinski definition) is 1. The third kappa shape index (κ3) is 3.42. The number of nitriles is 1. The Labute approximate surface area is 175 Å². The van der Waals surface area contributed by atoms with Crippen molar-refractivity contribution in [3.63, 3.8) is 0 Å². The maximum Gasteiger partial charge on any atom is 0.335 e. The van der Waals surface area contributed by atoms with E-state index in [1.54, 1.807) is 24.3 Å². The highest BCUT2D eigenvalue weighted by Crippen LogP contribution is 2.25. The van der Waals surface area contributed by atoms with Crippen LogP contribution in [0.2, 0.25) is 0 Å². The Morgan fingerprint density at radius 3 is 2.61 bits per heavy atom. The van der Waals surface area contributed by atoms with Gasteiger partial charge < -0.3 is 5.32 Å². The molecule has 0 amide bonds. The van der Waals surface area contributed by atoms with Crippen LogP contribution in [0, 0.1) is 23.0 Å². The number of nitrogens with zero attached hydrogens (tertiary/aromatic N) is 5. The predicted molar refractivity (Wildman–Crippen MR) is 110 cm³/mol. The van der Waals surface area contributed by atoms with Crippen molar-refractivity contribution in [2.45, 2.75) is 25.4 Å². The van der Waals surface area contributed by atoms with Gasteiger partial charge in [0.1, 0.15) is 17.2 Å². The number of halogens is 2. The zero-order chi connectivity index (χ0) is 21.5. The van der Waals surface area contributed by atoms with E-state index < -0.39 is 17.3 Å². The van der Waals surface area contributed by atoms with E-state index in [1.165, 1.54) is 21.4 Å². The molecule has 0 unspecified atom stereocenters. The van der Waals surface area contributed by atoms with Crippen LogP contribution in [0.4, 0.5) is 14.7 Å². The number of fused-ring (bicyclic) bond motifs is 1. The number of anilines is 1. The lowest BCUT2D eigenvalue weighted by molar-refractivity contribution is 0.543. The Morgan fingerprint density at radius 1 is 1.16 bits per heavy atom. The van der Waals surface area contributed by atoms with Gasteiger partial charge in [0.2, 0.25) is 5.95 Å². The molecule has 2 aromatic carbocycles. The average molecular weight is 418 g/mol. The number of benzene rings is 2. The van der Waals surface area contributed by atoms with Gasteiger partial charge in [-0.25, -0.2) is 23.1 Å². The molecule has 0 atom stereocenters. The Hall–Kier alpha value is -4.06. The molecule has 1 fully saturated rings. The second-order valence-corrected chi connectivity index (χ2v) is 7.39. The van der Waals surface area contributed by atoms with E-state index in [2.05, 4.69) is 15.3 Å². The summed E-state index contributed by atoms with van der Waals surface area (Å²) >= 11 is 0. The van der Waals surface area contributed by atoms with Gasteiger partial charge in [0.05, 0.1) is 30.1 Å². The summed E-state index contributed by atoms with van der Waals surface area (Å²) in [4.78, 5) is 22.2. The van der Waals surface area contributed by atoms with Crippen LogP contribution in [-0.2, 0) is 6.54 Å². The summed E-state index contributed by atoms with van der Waals surface area (Å²) in [5.41, 5.74) is 0.653. The Bertz CT molecular complexity index is 1390. The summed E-state index contributed by atoms with van der Waals surface area (Å²) in [5.74, 6) is -1.12. The molecule has 7 nitrogen and oxygen atoms in total. The monoisotopic (exact) mass is 418 g/mol. The standard InChI is InChI=1S/C22H16F2N6O/c23-17-5-2-6-18(24)16(17)12-29-19-11-26-21(27-14-7-8-14)28-20(19)30(22(29)31)15-4-1-3-13(9-15)10-25/h1-6,9,11,14H,7-8,12H2,(H,26,27,28). The fourth-order valence-electron chi connectivity index (χ4n) is 3.46. The van der Waals surface area contributed by atoms with Crippen molar-refractivity contribution in [3.05, 3.63) is 81.9 Å². The van der Waals surface area contributed by atoms with Gasteiger partial charge in [-0.05, 0) is 43.2 Å². The number of hydrogen-bond acceptors (Lipinski definition) is 5. The summed E-state index contributed by atoms with van der Waals surface area (Å²) in [6, 6.07) is 12.4. The first-order chi connectivity index (χ1) is 15.0. The lowest BCUT2D eigenvalue weighted by Crippen LogP contribution is -2.24. The lowest BCUT2D eigenvalue weighted by Gasteiger charge is -2.06. The molecule has 0 radical (unpaired) electrons. The first kappa shape index (κ1) is 18.9. The van der Waals surface area contributed by atoms with Crippen LogP contribution in [0.15, 0.2) is 53.5 Å². The molecule has 5 rings (SSSR count). The topological polar surface area (TPSA) is 88.5 Å². The van der Waals surface area contributed by atoms with Gasteiger partial charge in [-0.2, -0.15) is 10.2 Å². The van der Waals surface area contributed by atoms with Gasteiger partial charge in [0.15, 0.2) is 5.65 Å². The highest BCUT2D eigenvalue weighted by Gasteiger charge is 2.24. The molecular weight excluding hydrogens is 402 g/mol.